The van der Waals surface area contributed by atoms with Gasteiger partial charge in [0.2, 0.25) is 0 Å². The molecule has 0 saturated heterocycles. The summed E-state index contributed by atoms with van der Waals surface area (Å²) in [5.74, 6) is 0. The highest BCUT2D eigenvalue weighted by molar-refractivity contribution is 7.80. The molecule has 0 radical (unpaired) electrons. The lowest BCUT2D eigenvalue weighted by atomic mass is 9.96. The second-order valence-electron chi connectivity index (χ2n) is 4.85. The number of hydrogen-bond acceptors (Lipinski definition) is 1. The fourth-order valence-electron chi connectivity index (χ4n) is 2.33. The highest BCUT2D eigenvalue weighted by Crippen LogP contribution is 2.17. The summed E-state index contributed by atoms with van der Waals surface area (Å²) in [6.07, 6.45) is 10.7. The number of nitrogens with one attached hydrogen (secondary N) is 2. The maximum atomic E-state index is 5.31. The minimum Gasteiger partial charge on any atom is -0.360 e. The van der Waals surface area contributed by atoms with Crippen LogP contribution in [-0.4, -0.2) is 15.7 Å². The summed E-state index contributed by atoms with van der Waals surface area (Å²) in [6.45, 7) is 0.805. The van der Waals surface area contributed by atoms with E-state index in [0.29, 0.717) is 6.04 Å². The minimum absolute atomic E-state index is 0.583. The van der Waals surface area contributed by atoms with Gasteiger partial charge in [-0.1, -0.05) is 19.3 Å². The van der Waals surface area contributed by atoms with Gasteiger partial charge >= 0.3 is 0 Å². The molecule has 1 heterocycles. The van der Waals surface area contributed by atoms with E-state index in [4.69, 9.17) is 12.2 Å². The highest BCUT2D eigenvalue weighted by atomic mass is 32.1. The maximum Gasteiger partial charge on any atom is 0.166 e. The standard InChI is InChI=1S/C13H21N3S/c1-16-8-7-11(10-16)9-14-13(17)15-12-5-3-2-4-6-12/h7-8,10,12H,2-6,9H2,1H3,(H2,14,15,17). The summed E-state index contributed by atoms with van der Waals surface area (Å²) in [7, 11) is 2.03. The number of nitrogens with zero attached hydrogens (tertiary/aromatic N) is 1. The van der Waals surface area contributed by atoms with Crippen molar-refractivity contribution >= 4 is 17.3 Å². The Morgan fingerprint density at radius 3 is 2.82 bits per heavy atom. The van der Waals surface area contributed by atoms with Crippen LogP contribution in [0.25, 0.3) is 0 Å². The van der Waals surface area contributed by atoms with Crippen molar-refractivity contribution in [2.45, 2.75) is 44.7 Å². The van der Waals surface area contributed by atoms with Crippen molar-refractivity contribution in [1.82, 2.24) is 15.2 Å². The molecule has 1 aromatic heterocycles. The summed E-state index contributed by atoms with van der Waals surface area (Å²) >= 11 is 5.31. The van der Waals surface area contributed by atoms with Gasteiger partial charge < -0.3 is 15.2 Å². The van der Waals surface area contributed by atoms with E-state index in [-0.39, 0.29) is 0 Å². The second kappa shape index (κ2) is 6.05. The molecule has 2 N–H and O–H groups in total. The van der Waals surface area contributed by atoms with Gasteiger partial charge in [0, 0.05) is 32.0 Å². The number of aryl methyl sites for hydroxylation is 1. The molecule has 94 valence electrons. The van der Waals surface area contributed by atoms with Crippen molar-refractivity contribution in [3.63, 3.8) is 0 Å². The van der Waals surface area contributed by atoms with E-state index in [9.17, 15) is 0 Å². The monoisotopic (exact) mass is 251 g/mol. The van der Waals surface area contributed by atoms with Gasteiger partial charge in [-0.25, -0.2) is 0 Å². The van der Waals surface area contributed by atoms with Gasteiger partial charge in [-0.2, -0.15) is 0 Å². The third-order valence-corrected chi connectivity index (χ3v) is 3.55. The van der Waals surface area contributed by atoms with Crippen molar-refractivity contribution in [1.29, 1.82) is 0 Å². The Hall–Kier alpha value is -1.03. The first-order valence-corrected chi connectivity index (χ1v) is 6.80. The Bertz CT molecular complexity index is 366. The van der Waals surface area contributed by atoms with Crippen molar-refractivity contribution < 1.29 is 0 Å². The average Bonchev–Trinajstić information content (AvgIpc) is 2.74. The molecule has 0 amide bonds. The van der Waals surface area contributed by atoms with Crippen LogP contribution in [-0.2, 0) is 13.6 Å². The normalized spacial score (nSPS) is 16.8. The Morgan fingerprint density at radius 1 is 1.41 bits per heavy atom. The van der Waals surface area contributed by atoms with Gasteiger partial charge in [-0.3, -0.25) is 0 Å². The summed E-state index contributed by atoms with van der Waals surface area (Å²) in [4.78, 5) is 0. The lowest BCUT2D eigenvalue weighted by molar-refractivity contribution is 0.412. The minimum atomic E-state index is 0.583. The smallest absolute Gasteiger partial charge is 0.166 e. The maximum absolute atomic E-state index is 5.31. The second-order valence-corrected chi connectivity index (χ2v) is 5.26. The van der Waals surface area contributed by atoms with Gasteiger partial charge in [0.15, 0.2) is 5.11 Å². The third-order valence-electron chi connectivity index (χ3n) is 3.29. The molecule has 0 bridgehead atoms. The van der Waals surface area contributed by atoms with Gasteiger partial charge in [-0.05, 0) is 36.7 Å². The molecule has 0 spiro atoms. The molecule has 0 atom stereocenters. The number of rotatable bonds is 3. The van der Waals surface area contributed by atoms with Crippen LogP contribution in [0.5, 0.6) is 0 Å². The average molecular weight is 251 g/mol. The first-order valence-electron chi connectivity index (χ1n) is 6.39. The first-order chi connectivity index (χ1) is 8.24. The molecular weight excluding hydrogens is 230 g/mol. The molecule has 4 heteroatoms. The molecule has 3 nitrogen and oxygen atoms in total. The molecular formula is C13H21N3S. The molecule has 1 fully saturated rings. The Morgan fingerprint density at radius 2 is 2.18 bits per heavy atom. The largest absolute Gasteiger partial charge is 0.360 e. The fourth-order valence-corrected chi connectivity index (χ4v) is 2.57. The molecule has 1 aliphatic rings. The van der Waals surface area contributed by atoms with E-state index in [0.717, 1.165) is 11.7 Å². The molecule has 2 rings (SSSR count). The topological polar surface area (TPSA) is 29.0 Å². The first kappa shape index (κ1) is 12.4. The predicted octanol–water partition coefficient (Wildman–Crippen LogP) is 2.32. The van der Waals surface area contributed by atoms with Gasteiger partial charge in [0.05, 0.1) is 0 Å². The van der Waals surface area contributed by atoms with Gasteiger partial charge in [0.25, 0.3) is 0 Å². The quantitative estimate of drug-likeness (QED) is 0.808. The van der Waals surface area contributed by atoms with Crippen LogP contribution in [0, 0.1) is 0 Å². The summed E-state index contributed by atoms with van der Waals surface area (Å²) in [5, 5.41) is 7.47. The lowest BCUT2D eigenvalue weighted by Crippen LogP contribution is -2.42. The Balaban J connectivity index is 1.70. The molecule has 0 unspecified atom stereocenters. The lowest BCUT2D eigenvalue weighted by Gasteiger charge is -2.24. The van der Waals surface area contributed by atoms with E-state index in [1.54, 1.807) is 0 Å². The zero-order valence-corrected chi connectivity index (χ0v) is 11.2. The van der Waals surface area contributed by atoms with Crippen molar-refractivity contribution in [2.75, 3.05) is 0 Å². The van der Waals surface area contributed by atoms with Crippen LogP contribution in [0.4, 0.5) is 0 Å². The number of thiocarbonyl (C=S) groups is 1. The van der Waals surface area contributed by atoms with Crippen LogP contribution >= 0.6 is 12.2 Å². The predicted molar refractivity (Wildman–Crippen MR) is 74.9 cm³/mol. The number of hydrogen-bond donors (Lipinski definition) is 2. The van der Waals surface area contributed by atoms with E-state index in [1.807, 2.05) is 7.05 Å². The zero-order valence-electron chi connectivity index (χ0n) is 10.4. The highest BCUT2D eigenvalue weighted by Gasteiger charge is 2.13. The van der Waals surface area contributed by atoms with Crippen LogP contribution in [0.15, 0.2) is 18.5 Å². The molecule has 1 saturated carbocycles. The molecule has 1 aromatic rings. The van der Waals surface area contributed by atoms with E-state index >= 15 is 0 Å². The van der Waals surface area contributed by atoms with Crippen LogP contribution in [0.1, 0.15) is 37.7 Å². The number of aromatic nitrogens is 1. The van der Waals surface area contributed by atoms with Crippen molar-refractivity contribution in [3.05, 3.63) is 24.0 Å². The van der Waals surface area contributed by atoms with Crippen molar-refractivity contribution in [2.24, 2.45) is 7.05 Å². The molecule has 17 heavy (non-hydrogen) atoms. The van der Waals surface area contributed by atoms with E-state index in [2.05, 4.69) is 33.7 Å². The van der Waals surface area contributed by atoms with E-state index in [1.165, 1.54) is 37.7 Å². The summed E-state index contributed by atoms with van der Waals surface area (Å²) in [6, 6.07) is 2.69. The van der Waals surface area contributed by atoms with Crippen LogP contribution in [0.3, 0.4) is 0 Å². The van der Waals surface area contributed by atoms with E-state index < -0.39 is 0 Å². The SMILES string of the molecule is Cn1ccc(CNC(=S)NC2CCCCC2)c1. The third kappa shape index (κ3) is 4.04. The molecule has 0 aromatic carbocycles. The van der Waals surface area contributed by atoms with Gasteiger partial charge in [-0.15, -0.1) is 0 Å². The Kier molecular flexibility index (Phi) is 4.42. The van der Waals surface area contributed by atoms with Crippen LogP contribution < -0.4 is 10.6 Å². The fraction of sp³-hybridized carbons (Fsp3) is 0.615. The van der Waals surface area contributed by atoms with Gasteiger partial charge in [0.1, 0.15) is 0 Å². The Labute approximate surface area is 109 Å². The molecule has 1 aliphatic carbocycles. The molecule has 0 aliphatic heterocycles. The van der Waals surface area contributed by atoms with Crippen LogP contribution in [0.2, 0.25) is 0 Å². The summed E-state index contributed by atoms with van der Waals surface area (Å²) in [5.41, 5.74) is 1.26. The summed E-state index contributed by atoms with van der Waals surface area (Å²) < 4.78 is 2.05. The zero-order chi connectivity index (χ0) is 12.1. The van der Waals surface area contributed by atoms with Crippen molar-refractivity contribution in [3.8, 4) is 0 Å².